The van der Waals surface area contributed by atoms with Crippen molar-refractivity contribution >= 4 is 16.9 Å². The van der Waals surface area contributed by atoms with Crippen molar-refractivity contribution in [2.24, 2.45) is 5.73 Å². The Hall–Kier alpha value is -3.32. The quantitative estimate of drug-likeness (QED) is 0.492. The van der Waals surface area contributed by atoms with Crippen LogP contribution < -0.4 is 11.1 Å². The molecule has 0 spiro atoms. The second kappa shape index (κ2) is 7.36. The van der Waals surface area contributed by atoms with Crippen molar-refractivity contribution in [1.82, 2.24) is 19.9 Å². The van der Waals surface area contributed by atoms with Gasteiger partial charge in [-0.1, -0.05) is 30.3 Å². The van der Waals surface area contributed by atoms with Gasteiger partial charge in [0.15, 0.2) is 5.82 Å². The third-order valence-corrected chi connectivity index (χ3v) is 4.64. The molecule has 0 saturated heterocycles. The molecule has 4 N–H and O–H groups in total. The lowest BCUT2D eigenvalue weighted by molar-refractivity contribution is 0.626. The molecule has 0 radical (unpaired) electrons. The van der Waals surface area contributed by atoms with E-state index in [2.05, 4.69) is 25.3 Å². The lowest BCUT2D eigenvalue weighted by atomic mass is 10.1. The molecule has 2 heterocycles. The highest BCUT2D eigenvalue weighted by Crippen LogP contribution is 2.32. The van der Waals surface area contributed by atoms with Gasteiger partial charge in [0.05, 0.1) is 5.52 Å². The van der Waals surface area contributed by atoms with Gasteiger partial charge in [-0.3, -0.25) is 0 Å². The molecule has 0 aliphatic rings. The highest BCUT2D eigenvalue weighted by atomic mass is 19.1. The van der Waals surface area contributed by atoms with Crippen molar-refractivity contribution in [1.29, 1.82) is 0 Å². The van der Waals surface area contributed by atoms with Crippen molar-refractivity contribution in [3.63, 3.8) is 0 Å². The van der Waals surface area contributed by atoms with E-state index in [1.165, 1.54) is 12.1 Å². The van der Waals surface area contributed by atoms with Crippen LogP contribution in [0.2, 0.25) is 0 Å². The highest BCUT2D eigenvalue weighted by molar-refractivity contribution is 5.97. The van der Waals surface area contributed by atoms with Gasteiger partial charge in [0, 0.05) is 29.7 Å². The van der Waals surface area contributed by atoms with Gasteiger partial charge in [-0.05, 0) is 37.1 Å². The number of benzene rings is 2. The summed E-state index contributed by atoms with van der Waals surface area (Å²) in [5.74, 6) is 1.38. The first-order valence-electron chi connectivity index (χ1n) is 9.06. The lowest BCUT2D eigenvalue weighted by Gasteiger charge is -2.08. The van der Waals surface area contributed by atoms with Gasteiger partial charge in [0.1, 0.15) is 11.6 Å². The topological polar surface area (TPSA) is 92.5 Å². The number of fused-ring (bicyclic) bond motifs is 1. The van der Waals surface area contributed by atoms with Gasteiger partial charge < -0.3 is 16.0 Å². The van der Waals surface area contributed by atoms with E-state index in [0.717, 1.165) is 33.3 Å². The number of halogens is 1. The zero-order valence-electron chi connectivity index (χ0n) is 15.8. The van der Waals surface area contributed by atoms with E-state index in [-0.39, 0.29) is 5.82 Å². The van der Waals surface area contributed by atoms with E-state index in [1.807, 2.05) is 38.1 Å². The summed E-state index contributed by atoms with van der Waals surface area (Å²) in [4.78, 5) is 16.9. The van der Waals surface area contributed by atoms with Gasteiger partial charge in [0.2, 0.25) is 5.95 Å². The minimum absolute atomic E-state index is 0.267. The lowest BCUT2D eigenvalue weighted by Crippen LogP contribution is -2.07. The van der Waals surface area contributed by atoms with Crippen molar-refractivity contribution in [3.8, 4) is 11.4 Å². The number of aromatic nitrogens is 4. The molecule has 4 rings (SSSR count). The summed E-state index contributed by atoms with van der Waals surface area (Å²) in [5.41, 5.74) is 10.6. The first-order chi connectivity index (χ1) is 13.5. The molecule has 2 aromatic carbocycles. The zero-order valence-corrected chi connectivity index (χ0v) is 15.8. The summed E-state index contributed by atoms with van der Waals surface area (Å²) in [5, 5.41) is 4.19. The van der Waals surface area contributed by atoms with Crippen LogP contribution in [0.15, 0.2) is 42.5 Å². The Bertz CT molecular complexity index is 1150. The molecule has 0 fully saturated rings. The van der Waals surface area contributed by atoms with E-state index in [9.17, 15) is 4.39 Å². The van der Waals surface area contributed by atoms with E-state index in [1.54, 1.807) is 6.07 Å². The molecule has 0 atom stereocenters. The summed E-state index contributed by atoms with van der Waals surface area (Å²) in [6, 6.07) is 12.5. The van der Waals surface area contributed by atoms with Crippen LogP contribution in [0.25, 0.3) is 22.3 Å². The Morgan fingerprint density at radius 3 is 2.68 bits per heavy atom. The molecule has 7 heteroatoms. The molecule has 6 nitrogen and oxygen atoms in total. The molecular formula is C21H21FN6. The van der Waals surface area contributed by atoms with Crippen LogP contribution in [-0.4, -0.2) is 19.9 Å². The van der Waals surface area contributed by atoms with Crippen molar-refractivity contribution in [2.45, 2.75) is 26.9 Å². The van der Waals surface area contributed by atoms with Gasteiger partial charge in [-0.25, -0.2) is 9.37 Å². The van der Waals surface area contributed by atoms with Crippen molar-refractivity contribution in [3.05, 3.63) is 70.9 Å². The van der Waals surface area contributed by atoms with Gasteiger partial charge in [0.25, 0.3) is 0 Å². The maximum atomic E-state index is 13.4. The van der Waals surface area contributed by atoms with E-state index >= 15 is 0 Å². The molecule has 28 heavy (non-hydrogen) atoms. The van der Waals surface area contributed by atoms with Crippen molar-refractivity contribution < 1.29 is 4.39 Å². The molecular weight excluding hydrogens is 355 g/mol. The van der Waals surface area contributed by atoms with Crippen molar-refractivity contribution in [2.75, 3.05) is 5.32 Å². The number of hydrogen-bond acceptors (Lipinski definition) is 5. The Labute approximate surface area is 162 Å². The maximum Gasteiger partial charge on any atom is 0.226 e. The number of H-pyrrole nitrogens is 1. The number of nitrogens with zero attached hydrogens (tertiary/aromatic N) is 3. The van der Waals surface area contributed by atoms with Crippen LogP contribution in [0.4, 0.5) is 10.3 Å². The molecule has 0 unspecified atom stereocenters. The Balaban J connectivity index is 1.71. The van der Waals surface area contributed by atoms with Crippen LogP contribution in [0.1, 0.15) is 22.6 Å². The summed E-state index contributed by atoms with van der Waals surface area (Å²) in [7, 11) is 0. The number of aryl methyl sites for hydroxylation is 2. The number of nitrogens with one attached hydrogen (secondary N) is 2. The molecule has 0 aliphatic carbocycles. The largest absolute Gasteiger partial charge is 0.358 e. The second-order valence-electron chi connectivity index (χ2n) is 6.68. The predicted molar refractivity (Wildman–Crippen MR) is 108 cm³/mol. The predicted octanol–water partition coefficient (Wildman–Crippen LogP) is 3.85. The SMILES string of the molecule is Cc1nc(NCc2cccc(F)c2)nc(-c2c(C)[nH]c3c(CN)cccc23)n1. The summed E-state index contributed by atoms with van der Waals surface area (Å²) in [6.07, 6.45) is 0. The number of anilines is 1. The first kappa shape index (κ1) is 18.1. The molecule has 0 saturated carbocycles. The molecule has 2 aromatic heterocycles. The second-order valence-corrected chi connectivity index (χ2v) is 6.68. The monoisotopic (exact) mass is 376 g/mol. The van der Waals surface area contributed by atoms with Crippen LogP contribution in [0.5, 0.6) is 0 Å². The number of para-hydroxylation sites is 1. The maximum absolute atomic E-state index is 13.4. The first-order valence-corrected chi connectivity index (χ1v) is 9.06. The average Bonchev–Trinajstić information content (AvgIpc) is 3.02. The van der Waals surface area contributed by atoms with E-state index in [4.69, 9.17) is 5.73 Å². The standard InChI is InChI=1S/C21H21FN6/c1-12-18(17-8-4-6-15(10-23)19(17)25-12)20-26-13(2)27-21(28-20)24-11-14-5-3-7-16(22)9-14/h3-9,25H,10-11,23H2,1-2H3,(H,24,26,27,28). The third-order valence-electron chi connectivity index (χ3n) is 4.64. The Morgan fingerprint density at radius 2 is 1.89 bits per heavy atom. The molecule has 0 amide bonds. The Kier molecular flexibility index (Phi) is 4.75. The van der Waals surface area contributed by atoms with E-state index in [0.29, 0.717) is 30.7 Å². The minimum atomic E-state index is -0.267. The zero-order chi connectivity index (χ0) is 19.7. The third kappa shape index (κ3) is 3.44. The smallest absolute Gasteiger partial charge is 0.226 e. The molecule has 142 valence electrons. The van der Waals surface area contributed by atoms with Gasteiger partial charge in [-0.15, -0.1) is 0 Å². The molecule has 0 bridgehead atoms. The number of hydrogen-bond donors (Lipinski definition) is 3. The molecule has 0 aliphatic heterocycles. The van der Waals surface area contributed by atoms with Crippen LogP contribution in [-0.2, 0) is 13.1 Å². The molecule has 4 aromatic rings. The van der Waals surface area contributed by atoms with Gasteiger partial charge in [-0.2, -0.15) is 9.97 Å². The van der Waals surface area contributed by atoms with Gasteiger partial charge >= 0.3 is 0 Å². The van der Waals surface area contributed by atoms with Crippen LogP contribution in [0, 0.1) is 19.7 Å². The van der Waals surface area contributed by atoms with Crippen LogP contribution >= 0.6 is 0 Å². The summed E-state index contributed by atoms with van der Waals surface area (Å²) >= 11 is 0. The number of aromatic amines is 1. The minimum Gasteiger partial charge on any atom is -0.358 e. The summed E-state index contributed by atoms with van der Waals surface area (Å²) in [6.45, 7) is 4.70. The average molecular weight is 376 g/mol. The Morgan fingerprint density at radius 1 is 1.07 bits per heavy atom. The summed E-state index contributed by atoms with van der Waals surface area (Å²) < 4.78 is 13.4. The van der Waals surface area contributed by atoms with E-state index < -0.39 is 0 Å². The fourth-order valence-electron chi connectivity index (χ4n) is 3.37. The fourth-order valence-corrected chi connectivity index (χ4v) is 3.37. The normalized spacial score (nSPS) is 11.1. The highest BCUT2D eigenvalue weighted by Gasteiger charge is 2.16. The fraction of sp³-hybridized carbons (Fsp3) is 0.190. The number of rotatable bonds is 5. The number of nitrogens with two attached hydrogens (primary N) is 1. The van der Waals surface area contributed by atoms with Crippen LogP contribution in [0.3, 0.4) is 0 Å².